The van der Waals surface area contributed by atoms with Crippen LogP contribution < -0.4 is 10.6 Å². The number of nitrogens with one attached hydrogen (secondary N) is 2. The van der Waals surface area contributed by atoms with Gasteiger partial charge < -0.3 is 20.1 Å². The number of hydrogen-bond donors (Lipinski definition) is 2. The number of imidazole rings is 1. The van der Waals surface area contributed by atoms with Gasteiger partial charge in [0.25, 0.3) is 11.8 Å². The Balaban J connectivity index is 1.54. The summed E-state index contributed by atoms with van der Waals surface area (Å²) in [7, 11) is 3.47. The lowest BCUT2D eigenvalue weighted by atomic mass is 10.2. The molecule has 0 radical (unpaired) electrons. The van der Waals surface area contributed by atoms with Crippen LogP contribution in [0.4, 0.5) is 5.69 Å². The summed E-state index contributed by atoms with van der Waals surface area (Å²) in [5.74, 6) is 0.698. The Labute approximate surface area is 161 Å². The summed E-state index contributed by atoms with van der Waals surface area (Å²) in [6.07, 6.45) is 2.63. The predicted molar refractivity (Wildman–Crippen MR) is 107 cm³/mol. The van der Waals surface area contributed by atoms with Gasteiger partial charge in [0.2, 0.25) is 0 Å². The van der Waals surface area contributed by atoms with Crippen molar-refractivity contribution in [3.05, 3.63) is 46.9 Å². The van der Waals surface area contributed by atoms with Crippen molar-refractivity contribution in [2.45, 2.75) is 13.0 Å². The third-order valence-corrected chi connectivity index (χ3v) is 5.64. The maximum absolute atomic E-state index is 12.6. The minimum Gasteiger partial charge on any atom is -0.344 e. The number of carbonyl (C=O) groups is 2. The second-order valence-electron chi connectivity index (χ2n) is 6.75. The number of hydrogen-bond acceptors (Lipinski definition) is 5. The molecule has 0 atom stereocenters. The van der Waals surface area contributed by atoms with Gasteiger partial charge >= 0.3 is 0 Å². The van der Waals surface area contributed by atoms with E-state index in [9.17, 15) is 9.59 Å². The van der Waals surface area contributed by atoms with E-state index < -0.39 is 0 Å². The molecule has 1 aliphatic heterocycles. The fraction of sp³-hybridized carbons (Fsp3) is 0.316. The first kappa shape index (κ1) is 17.7. The topological polar surface area (TPSA) is 79.3 Å². The van der Waals surface area contributed by atoms with E-state index in [0.29, 0.717) is 16.3 Å². The van der Waals surface area contributed by atoms with Gasteiger partial charge in [-0.05, 0) is 29.7 Å². The van der Waals surface area contributed by atoms with Crippen molar-refractivity contribution in [3.63, 3.8) is 0 Å². The van der Waals surface area contributed by atoms with E-state index in [1.165, 1.54) is 11.3 Å². The molecule has 3 aromatic rings. The van der Waals surface area contributed by atoms with E-state index in [1.54, 1.807) is 19.0 Å². The van der Waals surface area contributed by atoms with Gasteiger partial charge in [-0.2, -0.15) is 0 Å². The first-order valence-electron chi connectivity index (χ1n) is 8.84. The molecule has 0 aliphatic carbocycles. The van der Waals surface area contributed by atoms with Gasteiger partial charge in [0, 0.05) is 56.7 Å². The molecular weight excluding hydrogens is 362 g/mol. The molecule has 0 saturated carbocycles. The van der Waals surface area contributed by atoms with Gasteiger partial charge in [-0.3, -0.25) is 9.59 Å². The molecule has 1 aliphatic rings. The van der Waals surface area contributed by atoms with Crippen LogP contribution in [0.5, 0.6) is 0 Å². The molecule has 8 heteroatoms. The van der Waals surface area contributed by atoms with Crippen molar-refractivity contribution < 1.29 is 9.59 Å². The highest BCUT2D eigenvalue weighted by molar-refractivity contribution is 7.20. The van der Waals surface area contributed by atoms with Crippen LogP contribution in [0.3, 0.4) is 0 Å². The number of carbonyl (C=O) groups excluding carboxylic acids is 2. The van der Waals surface area contributed by atoms with Gasteiger partial charge in [0.1, 0.15) is 11.5 Å². The summed E-state index contributed by atoms with van der Waals surface area (Å²) >= 11 is 1.45. The van der Waals surface area contributed by atoms with Gasteiger partial charge in [-0.15, -0.1) is 11.3 Å². The largest absolute Gasteiger partial charge is 0.344 e. The Bertz CT molecular complexity index is 997. The predicted octanol–water partition coefficient (Wildman–Crippen LogP) is 2.20. The second kappa shape index (κ2) is 7.13. The molecule has 0 bridgehead atoms. The van der Waals surface area contributed by atoms with Crippen LogP contribution in [0.1, 0.15) is 26.0 Å². The molecule has 4 rings (SSSR count). The fourth-order valence-corrected chi connectivity index (χ4v) is 4.19. The van der Waals surface area contributed by atoms with Gasteiger partial charge in [0.15, 0.2) is 0 Å². The molecule has 0 unspecified atom stereocenters. The van der Waals surface area contributed by atoms with Crippen LogP contribution in [0.25, 0.3) is 10.1 Å². The molecule has 0 spiro atoms. The molecule has 140 valence electrons. The molecule has 2 N–H and O–H groups in total. The molecular formula is C19H21N5O2S. The second-order valence-corrected chi connectivity index (χ2v) is 7.84. The Morgan fingerprint density at radius 3 is 2.93 bits per heavy atom. The van der Waals surface area contributed by atoms with Crippen LogP contribution in [-0.2, 0) is 13.0 Å². The number of fused-ring (bicyclic) bond motifs is 2. The van der Waals surface area contributed by atoms with Crippen LogP contribution in [0.15, 0.2) is 30.5 Å². The van der Waals surface area contributed by atoms with Crippen molar-refractivity contribution in [2.24, 2.45) is 0 Å². The smallest absolute Gasteiger partial charge is 0.275 e. The van der Waals surface area contributed by atoms with E-state index in [-0.39, 0.29) is 11.8 Å². The van der Waals surface area contributed by atoms with E-state index in [4.69, 9.17) is 0 Å². The lowest BCUT2D eigenvalue weighted by molar-refractivity contribution is 0.0832. The Kier molecular flexibility index (Phi) is 4.67. The minimum absolute atomic E-state index is 0.0178. The first-order valence-corrected chi connectivity index (χ1v) is 9.66. The van der Waals surface area contributed by atoms with Gasteiger partial charge in [0.05, 0.1) is 4.88 Å². The Morgan fingerprint density at radius 1 is 1.26 bits per heavy atom. The van der Waals surface area contributed by atoms with Crippen LogP contribution in [0, 0.1) is 0 Å². The average molecular weight is 383 g/mol. The number of anilines is 1. The minimum atomic E-state index is -0.220. The molecule has 7 nitrogen and oxygen atoms in total. The van der Waals surface area contributed by atoms with Crippen molar-refractivity contribution >= 4 is 38.9 Å². The van der Waals surface area contributed by atoms with E-state index in [1.807, 2.05) is 35.0 Å². The molecule has 3 heterocycles. The Morgan fingerprint density at radius 2 is 2.11 bits per heavy atom. The lowest BCUT2D eigenvalue weighted by Crippen LogP contribution is -2.20. The summed E-state index contributed by atoms with van der Waals surface area (Å²) in [5, 5.41) is 7.17. The number of thiophene rings is 1. The average Bonchev–Trinajstić information content (AvgIpc) is 3.19. The number of aromatic nitrogens is 2. The van der Waals surface area contributed by atoms with Crippen LogP contribution in [0.2, 0.25) is 0 Å². The molecule has 0 saturated heterocycles. The molecule has 2 amide bonds. The van der Waals surface area contributed by atoms with E-state index in [0.717, 1.165) is 42.0 Å². The number of rotatable bonds is 3. The highest BCUT2D eigenvalue weighted by Crippen LogP contribution is 2.29. The third-order valence-electron chi connectivity index (χ3n) is 4.54. The zero-order chi connectivity index (χ0) is 19.0. The summed E-state index contributed by atoms with van der Waals surface area (Å²) < 4.78 is 3.05. The highest BCUT2D eigenvalue weighted by atomic mass is 32.1. The van der Waals surface area contributed by atoms with Gasteiger partial charge in [-0.25, -0.2) is 4.98 Å². The fourth-order valence-electron chi connectivity index (χ4n) is 3.12. The highest BCUT2D eigenvalue weighted by Gasteiger charge is 2.17. The van der Waals surface area contributed by atoms with Crippen LogP contribution >= 0.6 is 11.3 Å². The maximum atomic E-state index is 12.6. The molecule has 0 fully saturated rings. The third kappa shape index (κ3) is 3.58. The lowest BCUT2D eigenvalue weighted by Gasteiger charge is -2.06. The molecule has 27 heavy (non-hydrogen) atoms. The van der Waals surface area contributed by atoms with Gasteiger partial charge in [-0.1, -0.05) is 0 Å². The summed E-state index contributed by atoms with van der Waals surface area (Å²) in [4.78, 5) is 31.5. The quantitative estimate of drug-likeness (QED) is 0.727. The van der Waals surface area contributed by atoms with Crippen molar-refractivity contribution in [3.8, 4) is 0 Å². The summed E-state index contributed by atoms with van der Waals surface area (Å²) in [6.45, 7) is 2.58. The summed E-state index contributed by atoms with van der Waals surface area (Å²) in [5.41, 5.74) is 1.12. The Hall–Kier alpha value is -2.71. The first-order chi connectivity index (χ1) is 13.0. The normalized spacial score (nSPS) is 13.9. The van der Waals surface area contributed by atoms with Crippen LogP contribution in [-0.4, -0.2) is 53.5 Å². The molecule has 2 aromatic heterocycles. The van der Waals surface area contributed by atoms with E-state index in [2.05, 4.69) is 15.6 Å². The SMILES string of the molecule is CN(C)C(=O)c1cc2cc(NC(=O)c3cn4c(n3)CCNCC4)ccc2s1. The number of amides is 2. The zero-order valence-electron chi connectivity index (χ0n) is 15.3. The van der Waals surface area contributed by atoms with Crippen molar-refractivity contribution in [2.75, 3.05) is 32.5 Å². The maximum Gasteiger partial charge on any atom is 0.275 e. The van der Waals surface area contributed by atoms with Crippen molar-refractivity contribution in [1.29, 1.82) is 0 Å². The molecule has 1 aromatic carbocycles. The zero-order valence-corrected chi connectivity index (χ0v) is 16.1. The monoisotopic (exact) mass is 383 g/mol. The summed E-state index contributed by atoms with van der Waals surface area (Å²) in [6, 6.07) is 7.53. The number of benzene rings is 1. The standard InChI is InChI=1S/C19H21N5O2S/c1-23(2)19(26)16-10-12-9-13(3-4-15(12)27-16)21-18(25)14-11-24-8-7-20-6-5-17(24)22-14/h3-4,9-11,20H,5-8H2,1-2H3,(H,21,25). The van der Waals surface area contributed by atoms with E-state index >= 15 is 0 Å². The van der Waals surface area contributed by atoms with Crippen molar-refractivity contribution in [1.82, 2.24) is 19.8 Å². The number of nitrogens with zero attached hydrogens (tertiary/aromatic N) is 3.